The van der Waals surface area contributed by atoms with E-state index in [1.807, 2.05) is 30.3 Å². The molecule has 4 rings (SSSR count). The molecule has 2 heterocycles. The molecule has 0 atom stereocenters. The van der Waals surface area contributed by atoms with Crippen LogP contribution in [0, 0.1) is 0 Å². The molecule has 0 saturated heterocycles. The second-order valence-corrected chi connectivity index (χ2v) is 6.91. The van der Waals surface area contributed by atoms with Crippen LogP contribution in [0.25, 0.3) is 16.6 Å². The molecule has 1 aliphatic heterocycles. The minimum absolute atomic E-state index is 0.115. The number of benzene rings is 2. The molecule has 3 aromatic rings. The van der Waals surface area contributed by atoms with E-state index in [1.54, 1.807) is 6.07 Å². The highest BCUT2D eigenvalue weighted by Gasteiger charge is 2.25. The summed E-state index contributed by atoms with van der Waals surface area (Å²) in [5.41, 5.74) is 8.82. The van der Waals surface area contributed by atoms with E-state index in [1.165, 1.54) is 11.7 Å². The van der Waals surface area contributed by atoms with Crippen molar-refractivity contribution in [3.05, 3.63) is 67.9 Å². The van der Waals surface area contributed by atoms with Crippen molar-refractivity contribution >= 4 is 38.5 Å². The van der Waals surface area contributed by atoms with E-state index in [4.69, 9.17) is 15.2 Å². The molecule has 0 saturated carbocycles. The summed E-state index contributed by atoms with van der Waals surface area (Å²) >= 11 is 3.44. The monoisotopic (exact) mass is 414 g/mol. The van der Waals surface area contributed by atoms with E-state index in [9.17, 15) is 9.59 Å². The molecule has 0 fully saturated rings. The van der Waals surface area contributed by atoms with Crippen LogP contribution < -0.4 is 11.3 Å². The summed E-state index contributed by atoms with van der Waals surface area (Å²) < 4.78 is 12.6. The van der Waals surface area contributed by atoms with E-state index < -0.39 is 11.5 Å². The Morgan fingerprint density at radius 2 is 2.08 bits per heavy atom. The molecular formula is C19H15BrN2O4. The molecule has 7 heteroatoms. The number of nitrogens with two attached hydrogens (primary N) is 1. The smallest absolute Gasteiger partial charge is 0.345 e. The summed E-state index contributed by atoms with van der Waals surface area (Å²) in [6.07, 6.45) is 0. The number of nitrogen functional groups attached to an aromatic ring is 1. The van der Waals surface area contributed by atoms with Crippen molar-refractivity contribution in [3.63, 3.8) is 0 Å². The van der Waals surface area contributed by atoms with Crippen molar-refractivity contribution in [1.82, 2.24) is 4.57 Å². The van der Waals surface area contributed by atoms with Crippen LogP contribution in [0.2, 0.25) is 0 Å². The number of nitrogens with zero attached hydrogens (tertiary/aromatic N) is 1. The van der Waals surface area contributed by atoms with Crippen LogP contribution in [0.5, 0.6) is 0 Å². The number of hydrogen-bond acceptors (Lipinski definition) is 5. The van der Waals surface area contributed by atoms with Gasteiger partial charge in [0.1, 0.15) is 5.56 Å². The molecule has 2 N–H and O–H groups in total. The van der Waals surface area contributed by atoms with Gasteiger partial charge in [0.25, 0.3) is 5.56 Å². The van der Waals surface area contributed by atoms with Gasteiger partial charge < -0.3 is 15.2 Å². The standard InChI is InChI=1S/C19H15BrN2O4/c1-25-19(24)16-17(21)12-6-5-11(20)7-15(12)22(18(16)23)14-4-2-3-10-8-26-9-13(10)14/h2-7H,8-9,21H2,1H3. The van der Waals surface area contributed by atoms with Crippen LogP contribution in [0.15, 0.2) is 45.7 Å². The molecule has 6 nitrogen and oxygen atoms in total. The Labute approximate surface area is 157 Å². The fraction of sp³-hybridized carbons (Fsp3) is 0.158. The molecule has 0 spiro atoms. The predicted molar refractivity (Wildman–Crippen MR) is 101 cm³/mol. The molecule has 0 unspecified atom stereocenters. The molecule has 132 valence electrons. The summed E-state index contributed by atoms with van der Waals surface area (Å²) in [5, 5.41) is 0.602. The minimum atomic E-state index is -0.755. The van der Waals surface area contributed by atoms with Crippen molar-refractivity contribution in [1.29, 1.82) is 0 Å². The van der Waals surface area contributed by atoms with Gasteiger partial charge in [-0.25, -0.2) is 4.79 Å². The van der Waals surface area contributed by atoms with Crippen LogP contribution in [-0.2, 0) is 22.7 Å². The normalized spacial score (nSPS) is 13.0. The fourth-order valence-corrected chi connectivity index (χ4v) is 3.67. The maximum Gasteiger partial charge on any atom is 0.345 e. The summed E-state index contributed by atoms with van der Waals surface area (Å²) in [6, 6.07) is 11.1. The highest BCUT2D eigenvalue weighted by molar-refractivity contribution is 9.10. The number of anilines is 1. The summed E-state index contributed by atoms with van der Waals surface area (Å²) in [4.78, 5) is 25.5. The number of carbonyl (C=O) groups excluding carboxylic acids is 1. The lowest BCUT2D eigenvalue weighted by molar-refractivity contribution is 0.0600. The number of pyridine rings is 1. The number of rotatable bonds is 2. The maximum absolute atomic E-state index is 13.2. The average molecular weight is 415 g/mol. The first kappa shape index (κ1) is 16.8. The zero-order valence-corrected chi connectivity index (χ0v) is 15.5. The van der Waals surface area contributed by atoms with Gasteiger partial charge in [0.05, 0.1) is 37.2 Å². The number of aromatic nitrogens is 1. The van der Waals surface area contributed by atoms with Gasteiger partial charge >= 0.3 is 5.97 Å². The second kappa shape index (κ2) is 6.26. The maximum atomic E-state index is 13.2. The zero-order chi connectivity index (χ0) is 18.4. The lowest BCUT2D eigenvalue weighted by Gasteiger charge is -2.17. The molecular weight excluding hydrogens is 400 g/mol. The molecule has 0 aliphatic carbocycles. The number of esters is 1. The molecule has 2 aromatic carbocycles. The van der Waals surface area contributed by atoms with Gasteiger partial charge in [0, 0.05) is 15.4 Å². The number of halogens is 1. The molecule has 1 aromatic heterocycles. The first-order valence-corrected chi connectivity index (χ1v) is 8.73. The van der Waals surface area contributed by atoms with E-state index >= 15 is 0 Å². The SMILES string of the molecule is COC(=O)c1c(N)c2ccc(Br)cc2n(-c2cccc3c2COC3)c1=O. The minimum Gasteiger partial charge on any atom is -0.465 e. The van der Waals surface area contributed by atoms with Crippen molar-refractivity contribution in [3.8, 4) is 5.69 Å². The Morgan fingerprint density at radius 1 is 1.27 bits per heavy atom. The molecule has 0 radical (unpaired) electrons. The summed E-state index contributed by atoms with van der Waals surface area (Å²) in [7, 11) is 1.23. The predicted octanol–water partition coefficient (Wildman–Crippen LogP) is 3.15. The van der Waals surface area contributed by atoms with Gasteiger partial charge in [0.15, 0.2) is 0 Å². The number of fused-ring (bicyclic) bond motifs is 2. The van der Waals surface area contributed by atoms with Crippen molar-refractivity contribution in [2.24, 2.45) is 0 Å². The van der Waals surface area contributed by atoms with Crippen molar-refractivity contribution in [2.75, 3.05) is 12.8 Å². The van der Waals surface area contributed by atoms with E-state index in [0.29, 0.717) is 29.8 Å². The highest BCUT2D eigenvalue weighted by atomic mass is 79.9. The van der Waals surface area contributed by atoms with Gasteiger partial charge in [-0.05, 0) is 29.8 Å². The lowest BCUT2D eigenvalue weighted by atomic mass is 10.0. The Bertz CT molecular complexity index is 1120. The lowest BCUT2D eigenvalue weighted by Crippen LogP contribution is -2.28. The quantitative estimate of drug-likeness (QED) is 0.651. The largest absolute Gasteiger partial charge is 0.465 e. The number of carbonyl (C=O) groups is 1. The zero-order valence-electron chi connectivity index (χ0n) is 13.9. The molecule has 0 bridgehead atoms. The van der Waals surface area contributed by atoms with Gasteiger partial charge in [-0.15, -0.1) is 0 Å². The van der Waals surface area contributed by atoms with Crippen molar-refractivity contribution < 1.29 is 14.3 Å². The average Bonchev–Trinajstić information content (AvgIpc) is 3.11. The van der Waals surface area contributed by atoms with Gasteiger partial charge in [-0.2, -0.15) is 0 Å². The van der Waals surface area contributed by atoms with Gasteiger partial charge in [-0.3, -0.25) is 9.36 Å². The molecule has 1 aliphatic rings. The Balaban J connectivity index is 2.18. The van der Waals surface area contributed by atoms with Crippen LogP contribution in [-0.4, -0.2) is 17.6 Å². The Hall–Kier alpha value is -2.64. The van der Waals surface area contributed by atoms with E-state index in [2.05, 4.69) is 15.9 Å². The first-order valence-electron chi connectivity index (χ1n) is 7.94. The number of methoxy groups -OCH3 is 1. The molecule has 0 amide bonds. The van der Waals surface area contributed by atoms with Crippen LogP contribution in [0.4, 0.5) is 5.69 Å². The second-order valence-electron chi connectivity index (χ2n) is 5.99. The topological polar surface area (TPSA) is 83.6 Å². The van der Waals surface area contributed by atoms with E-state index in [-0.39, 0.29) is 11.3 Å². The first-order chi connectivity index (χ1) is 12.5. The van der Waals surface area contributed by atoms with Crippen LogP contribution in [0.3, 0.4) is 0 Å². The van der Waals surface area contributed by atoms with Gasteiger partial charge in [-0.1, -0.05) is 28.1 Å². The summed E-state index contributed by atoms with van der Waals surface area (Å²) in [6.45, 7) is 0.907. The van der Waals surface area contributed by atoms with Crippen LogP contribution >= 0.6 is 15.9 Å². The third kappa shape index (κ3) is 2.43. The Morgan fingerprint density at radius 3 is 2.85 bits per heavy atom. The fourth-order valence-electron chi connectivity index (χ4n) is 3.32. The van der Waals surface area contributed by atoms with Gasteiger partial charge in [0.2, 0.25) is 0 Å². The molecule has 26 heavy (non-hydrogen) atoms. The number of ether oxygens (including phenoxy) is 2. The third-order valence-corrected chi connectivity index (χ3v) is 5.05. The highest BCUT2D eigenvalue weighted by Crippen LogP contribution is 2.31. The summed E-state index contributed by atoms with van der Waals surface area (Å²) in [5.74, 6) is -0.755. The van der Waals surface area contributed by atoms with Crippen molar-refractivity contribution in [2.45, 2.75) is 13.2 Å². The van der Waals surface area contributed by atoms with E-state index in [0.717, 1.165) is 15.6 Å². The third-order valence-electron chi connectivity index (χ3n) is 4.56. The van der Waals surface area contributed by atoms with Crippen LogP contribution in [0.1, 0.15) is 21.5 Å². The number of hydrogen-bond donors (Lipinski definition) is 1. The Kier molecular flexibility index (Phi) is 4.05.